The quantitative estimate of drug-likeness (QED) is 0.0228. The number of aliphatic carboxylic acids is 1. The van der Waals surface area contributed by atoms with Crippen LogP contribution in [-0.4, -0.2) is 89.2 Å². The summed E-state index contributed by atoms with van der Waals surface area (Å²) in [5.41, 5.74) is 0. The van der Waals surface area contributed by atoms with E-state index in [2.05, 4.69) is 124 Å². The number of carboxylic acid groups (broad SMARTS) is 1. The van der Waals surface area contributed by atoms with E-state index in [1.165, 1.54) is 57.8 Å². The second-order valence-electron chi connectivity index (χ2n) is 21.7. The van der Waals surface area contributed by atoms with E-state index in [1.54, 1.807) is 0 Å². The number of carbonyl (C=O) groups is 4. The summed E-state index contributed by atoms with van der Waals surface area (Å²) in [7, 11) is 0. The first kappa shape index (κ1) is 76.1. The topological polar surface area (TPSA) is 175 Å². The van der Waals surface area contributed by atoms with Crippen LogP contribution in [0.25, 0.3) is 0 Å². The Labute approximate surface area is 503 Å². The zero-order valence-corrected chi connectivity index (χ0v) is 51.9. The Morgan fingerprint density at radius 3 is 1.20 bits per heavy atom. The molecule has 1 fully saturated rings. The van der Waals surface area contributed by atoms with Crippen molar-refractivity contribution in [1.82, 2.24) is 0 Å². The van der Waals surface area contributed by atoms with Crippen LogP contribution in [0.3, 0.4) is 0 Å². The molecule has 1 rings (SSSR count). The zero-order chi connectivity index (χ0) is 60.3. The number of ether oxygens (including phenoxy) is 5. The SMILES string of the molecule is CC/C=C\C/C=C\C/C=C\C/C=C\C/C=C\C/C=C\CCC(=O)OC1C(OCC(COC(=O)CCCCCCCCC/C=C\C/C=C\CCCCC)OC(=O)CCCCCCCCC/C=C\C/C=C\CCCCC)OC(C(=O)O)C(O)C1O. The van der Waals surface area contributed by atoms with Crippen LogP contribution in [0.5, 0.6) is 0 Å². The molecule has 470 valence electrons. The number of carbonyl (C=O) groups excluding carboxylic acids is 3. The zero-order valence-electron chi connectivity index (χ0n) is 51.9. The van der Waals surface area contributed by atoms with Gasteiger partial charge in [-0.25, -0.2) is 4.79 Å². The number of esters is 3. The van der Waals surface area contributed by atoms with E-state index in [4.69, 9.17) is 23.7 Å². The third-order valence-corrected chi connectivity index (χ3v) is 14.0. The fraction of sp³-hybridized carbons (Fsp3) is 0.662. The number of rotatable bonds is 54. The van der Waals surface area contributed by atoms with Crippen LogP contribution in [0.1, 0.15) is 252 Å². The standard InChI is InChI=1S/C71H114O12/c1-4-7-10-13-16-19-22-25-28-31-32-35-38-41-44-47-50-53-56-59-65(74)82-69-67(76)66(75)68(70(77)78)83-71(69)80-61-62(81-64(73)58-55-52-49-46-43-40-37-34-30-27-24-21-18-15-12-9-6-3)60-79-63(72)57-54-51-48-45-42-39-36-33-29-26-23-20-17-14-11-8-5-2/h7,10,16-21,25-30,32,35,41,44,50,53,62,66-69,71,75-76H,4-6,8-9,11-15,22-24,31,33-34,36-40,42-43,45-49,51-52,54-61H2,1-3H3,(H,77,78)/b10-7-,19-16-,20-17-,21-18-,28-25-,29-26-,30-27-,35-32-,44-41-,53-50-. The van der Waals surface area contributed by atoms with Crippen molar-refractivity contribution in [3.63, 3.8) is 0 Å². The smallest absolute Gasteiger partial charge is 0.335 e. The minimum absolute atomic E-state index is 0.0719. The number of unbranched alkanes of at least 4 members (excludes halogenated alkanes) is 20. The molecule has 1 aliphatic rings. The van der Waals surface area contributed by atoms with Crippen LogP contribution in [0, 0.1) is 0 Å². The molecule has 3 N–H and O–H groups in total. The van der Waals surface area contributed by atoms with Gasteiger partial charge in [0, 0.05) is 19.3 Å². The first-order chi connectivity index (χ1) is 40.6. The lowest BCUT2D eigenvalue weighted by Gasteiger charge is -2.40. The van der Waals surface area contributed by atoms with E-state index in [-0.39, 0.29) is 25.9 Å². The van der Waals surface area contributed by atoms with E-state index in [0.29, 0.717) is 25.7 Å². The van der Waals surface area contributed by atoms with Crippen molar-refractivity contribution in [2.45, 2.75) is 289 Å². The van der Waals surface area contributed by atoms with E-state index in [0.717, 1.165) is 128 Å². The highest BCUT2D eigenvalue weighted by molar-refractivity contribution is 5.74. The predicted molar refractivity (Wildman–Crippen MR) is 340 cm³/mol. The van der Waals surface area contributed by atoms with E-state index >= 15 is 0 Å². The van der Waals surface area contributed by atoms with Crippen LogP contribution < -0.4 is 0 Å². The molecule has 0 aliphatic carbocycles. The average molecular weight is 1160 g/mol. The van der Waals surface area contributed by atoms with Gasteiger partial charge in [0.25, 0.3) is 0 Å². The monoisotopic (exact) mass is 1160 g/mol. The van der Waals surface area contributed by atoms with Gasteiger partial charge in [0.05, 0.1) is 6.61 Å². The molecule has 6 unspecified atom stereocenters. The summed E-state index contributed by atoms with van der Waals surface area (Å²) in [6.45, 7) is 5.80. The number of aliphatic hydroxyl groups excluding tert-OH is 2. The molecule has 0 radical (unpaired) electrons. The Bertz CT molecular complexity index is 1900. The van der Waals surface area contributed by atoms with E-state index < -0.39 is 67.3 Å². The van der Waals surface area contributed by atoms with Gasteiger partial charge in [-0.1, -0.05) is 232 Å². The second kappa shape index (κ2) is 57.5. The molecule has 0 bridgehead atoms. The predicted octanol–water partition coefficient (Wildman–Crippen LogP) is 17.6. The summed E-state index contributed by atoms with van der Waals surface area (Å²) in [6.07, 6.45) is 67.3. The molecule has 1 heterocycles. The molecule has 0 aromatic heterocycles. The minimum Gasteiger partial charge on any atom is -0.479 e. The van der Waals surface area contributed by atoms with Crippen molar-refractivity contribution in [3.05, 3.63) is 122 Å². The first-order valence-corrected chi connectivity index (χ1v) is 32.5. The van der Waals surface area contributed by atoms with Crippen molar-refractivity contribution in [2.24, 2.45) is 0 Å². The minimum atomic E-state index is -1.94. The fourth-order valence-corrected chi connectivity index (χ4v) is 9.04. The molecular weight excluding hydrogens is 1040 g/mol. The highest BCUT2D eigenvalue weighted by atomic mass is 16.7. The number of hydrogen-bond acceptors (Lipinski definition) is 11. The molecule has 0 amide bonds. The second-order valence-corrected chi connectivity index (χ2v) is 21.7. The molecule has 0 aromatic carbocycles. The highest BCUT2D eigenvalue weighted by Gasteiger charge is 2.50. The van der Waals surface area contributed by atoms with Crippen molar-refractivity contribution < 1.29 is 58.2 Å². The molecule has 1 aliphatic heterocycles. The molecule has 12 nitrogen and oxygen atoms in total. The lowest BCUT2D eigenvalue weighted by Crippen LogP contribution is -2.61. The third-order valence-electron chi connectivity index (χ3n) is 14.0. The lowest BCUT2D eigenvalue weighted by molar-refractivity contribution is -0.301. The van der Waals surface area contributed by atoms with Crippen molar-refractivity contribution in [3.8, 4) is 0 Å². The summed E-state index contributed by atoms with van der Waals surface area (Å²) in [6, 6.07) is 0. The maximum absolute atomic E-state index is 13.2. The average Bonchev–Trinajstić information content (AvgIpc) is 3.55. The van der Waals surface area contributed by atoms with Gasteiger partial charge in [-0.15, -0.1) is 0 Å². The molecule has 83 heavy (non-hydrogen) atoms. The van der Waals surface area contributed by atoms with Gasteiger partial charge in [-0.3, -0.25) is 14.4 Å². The van der Waals surface area contributed by atoms with E-state index in [1.807, 2.05) is 18.2 Å². The molecule has 12 heteroatoms. The van der Waals surface area contributed by atoms with Crippen LogP contribution in [0.2, 0.25) is 0 Å². The molecular formula is C71H114O12. The van der Waals surface area contributed by atoms with Gasteiger partial charge >= 0.3 is 23.9 Å². The lowest BCUT2D eigenvalue weighted by atomic mass is 9.98. The summed E-state index contributed by atoms with van der Waals surface area (Å²) in [5, 5.41) is 31.6. The summed E-state index contributed by atoms with van der Waals surface area (Å²) < 4.78 is 28.4. The van der Waals surface area contributed by atoms with Gasteiger partial charge in [0.1, 0.15) is 18.8 Å². The fourth-order valence-electron chi connectivity index (χ4n) is 9.04. The molecule has 0 saturated carbocycles. The number of aliphatic hydroxyl groups is 2. The summed E-state index contributed by atoms with van der Waals surface area (Å²) in [4.78, 5) is 51.3. The molecule has 0 spiro atoms. The van der Waals surface area contributed by atoms with Crippen LogP contribution in [0.4, 0.5) is 0 Å². The number of hydrogen-bond donors (Lipinski definition) is 3. The van der Waals surface area contributed by atoms with Crippen LogP contribution >= 0.6 is 0 Å². The van der Waals surface area contributed by atoms with Gasteiger partial charge < -0.3 is 39.0 Å². The van der Waals surface area contributed by atoms with Gasteiger partial charge in [0.2, 0.25) is 0 Å². The highest BCUT2D eigenvalue weighted by Crippen LogP contribution is 2.26. The maximum atomic E-state index is 13.2. The van der Waals surface area contributed by atoms with Crippen LogP contribution in [-0.2, 0) is 42.9 Å². The normalized spacial score (nSPS) is 18.4. The summed E-state index contributed by atoms with van der Waals surface area (Å²) >= 11 is 0. The molecule has 1 saturated heterocycles. The molecule has 6 atom stereocenters. The first-order valence-electron chi connectivity index (χ1n) is 32.5. The summed E-state index contributed by atoms with van der Waals surface area (Å²) in [5.74, 6) is -3.26. The Balaban J connectivity index is 2.73. The van der Waals surface area contributed by atoms with Gasteiger partial charge in [0.15, 0.2) is 24.6 Å². The third kappa shape index (κ3) is 47.1. The Hall–Kier alpha value is -4.88. The Morgan fingerprint density at radius 2 is 0.783 bits per heavy atom. The van der Waals surface area contributed by atoms with Gasteiger partial charge in [-0.2, -0.15) is 0 Å². The number of allylic oxidation sites excluding steroid dienone is 20. The van der Waals surface area contributed by atoms with Crippen molar-refractivity contribution in [1.29, 1.82) is 0 Å². The Morgan fingerprint density at radius 1 is 0.410 bits per heavy atom. The van der Waals surface area contributed by atoms with E-state index in [9.17, 15) is 34.5 Å². The van der Waals surface area contributed by atoms with Crippen molar-refractivity contribution >= 4 is 23.9 Å². The Kier molecular flexibility index (Phi) is 52.8. The maximum Gasteiger partial charge on any atom is 0.335 e. The largest absolute Gasteiger partial charge is 0.479 e. The molecule has 0 aromatic rings. The number of carboxylic acids is 1. The van der Waals surface area contributed by atoms with Gasteiger partial charge in [-0.05, 0) is 122 Å². The van der Waals surface area contributed by atoms with Crippen molar-refractivity contribution in [2.75, 3.05) is 13.2 Å². The van der Waals surface area contributed by atoms with Crippen LogP contribution in [0.15, 0.2) is 122 Å².